The first-order valence-electron chi connectivity index (χ1n) is 7.28. The molecule has 2 aromatic carbocycles. The molecule has 1 amide bonds. The van der Waals surface area contributed by atoms with Gasteiger partial charge >= 0.3 is 0 Å². The van der Waals surface area contributed by atoms with E-state index >= 15 is 0 Å². The van der Waals surface area contributed by atoms with Gasteiger partial charge in [0.15, 0.2) is 0 Å². The Morgan fingerprint density at radius 2 is 2.04 bits per heavy atom. The molecule has 1 heterocycles. The molecule has 1 N–H and O–H groups in total. The molecule has 0 radical (unpaired) electrons. The summed E-state index contributed by atoms with van der Waals surface area (Å²) in [4.78, 5) is 22.3. The summed E-state index contributed by atoms with van der Waals surface area (Å²) in [6.45, 7) is 0. The van der Waals surface area contributed by atoms with E-state index in [1.807, 2.05) is 18.2 Å². The third-order valence-corrected chi connectivity index (χ3v) is 4.70. The number of halogens is 1. The summed E-state index contributed by atoms with van der Waals surface area (Å²) in [6, 6.07) is 13.2. The molecular formula is C16H11BrN4O4S. The van der Waals surface area contributed by atoms with Gasteiger partial charge in [-0.2, -0.15) is 0 Å². The van der Waals surface area contributed by atoms with Crippen molar-refractivity contribution in [3.63, 3.8) is 0 Å². The zero-order valence-electron chi connectivity index (χ0n) is 13.1. The topological polar surface area (TPSA) is 111 Å². The maximum atomic E-state index is 12.0. The Balaban J connectivity index is 1.62. The predicted octanol–water partition coefficient (Wildman–Crippen LogP) is 4.14. The monoisotopic (exact) mass is 434 g/mol. The van der Waals surface area contributed by atoms with Crippen molar-refractivity contribution < 1.29 is 14.1 Å². The van der Waals surface area contributed by atoms with Crippen molar-refractivity contribution in [1.29, 1.82) is 0 Å². The van der Waals surface area contributed by atoms with Gasteiger partial charge in [-0.1, -0.05) is 30.0 Å². The zero-order valence-corrected chi connectivity index (χ0v) is 15.5. The van der Waals surface area contributed by atoms with E-state index in [1.54, 1.807) is 12.1 Å². The lowest BCUT2D eigenvalue weighted by atomic mass is 10.2. The highest BCUT2D eigenvalue weighted by atomic mass is 79.9. The number of aromatic nitrogens is 2. The molecule has 0 fully saturated rings. The first kappa shape index (κ1) is 18.1. The van der Waals surface area contributed by atoms with Crippen LogP contribution in [0.25, 0.3) is 11.5 Å². The molecule has 0 saturated heterocycles. The molecule has 0 atom stereocenters. The van der Waals surface area contributed by atoms with Crippen molar-refractivity contribution in [2.24, 2.45) is 0 Å². The van der Waals surface area contributed by atoms with Gasteiger partial charge in [-0.3, -0.25) is 14.9 Å². The third kappa shape index (κ3) is 4.46. The van der Waals surface area contributed by atoms with Crippen LogP contribution >= 0.6 is 27.7 Å². The number of nitrogens with one attached hydrogen (secondary N) is 1. The van der Waals surface area contributed by atoms with Crippen LogP contribution in [0.3, 0.4) is 0 Å². The van der Waals surface area contributed by atoms with Gasteiger partial charge in [0.2, 0.25) is 11.8 Å². The summed E-state index contributed by atoms with van der Waals surface area (Å²) in [5, 5.41) is 21.5. The largest absolute Gasteiger partial charge is 0.411 e. The van der Waals surface area contributed by atoms with Crippen LogP contribution in [-0.2, 0) is 4.79 Å². The number of anilines is 1. The molecule has 1 aromatic heterocycles. The maximum Gasteiger partial charge on any atom is 0.277 e. The number of para-hydroxylation sites is 1. The molecule has 0 aliphatic rings. The van der Waals surface area contributed by atoms with Crippen molar-refractivity contribution in [1.82, 2.24) is 10.2 Å². The average Bonchev–Trinajstić information content (AvgIpc) is 3.11. The highest BCUT2D eigenvalue weighted by Gasteiger charge is 2.14. The zero-order chi connectivity index (χ0) is 18.5. The van der Waals surface area contributed by atoms with Crippen LogP contribution < -0.4 is 5.32 Å². The lowest BCUT2D eigenvalue weighted by molar-refractivity contribution is -0.384. The SMILES string of the molecule is O=C(CSc1nnc(-c2cccc([N+](=O)[O-])c2)o1)Nc1ccccc1Br. The molecule has 3 aromatic rings. The standard InChI is InChI=1S/C16H11BrN4O4S/c17-12-6-1-2-7-13(12)18-14(22)9-26-16-20-19-15(25-16)10-4-3-5-11(8-10)21(23)24/h1-8H,9H2,(H,18,22). The smallest absolute Gasteiger partial charge is 0.277 e. The Labute approximate surface area is 160 Å². The lowest BCUT2D eigenvalue weighted by Crippen LogP contribution is -2.14. The molecule has 0 aliphatic heterocycles. The molecule has 3 rings (SSSR count). The molecule has 0 spiro atoms. The number of nitro groups is 1. The number of hydrogen-bond acceptors (Lipinski definition) is 7. The molecule has 10 heteroatoms. The Hall–Kier alpha value is -2.72. The van der Waals surface area contributed by atoms with Gasteiger partial charge < -0.3 is 9.73 Å². The average molecular weight is 435 g/mol. The fourth-order valence-electron chi connectivity index (χ4n) is 2.01. The molecular weight excluding hydrogens is 424 g/mol. The molecule has 26 heavy (non-hydrogen) atoms. The minimum atomic E-state index is -0.498. The van der Waals surface area contributed by atoms with Crippen LogP contribution in [0.4, 0.5) is 11.4 Å². The van der Waals surface area contributed by atoms with E-state index < -0.39 is 4.92 Å². The Bertz CT molecular complexity index is 963. The van der Waals surface area contributed by atoms with Gasteiger partial charge in [0.05, 0.1) is 16.4 Å². The fraction of sp³-hybridized carbons (Fsp3) is 0.0625. The van der Waals surface area contributed by atoms with Crippen LogP contribution in [0, 0.1) is 10.1 Å². The van der Waals surface area contributed by atoms with Crippen molar-refractivity contribution in [3.8, 4) is 11.5 Å². The van der Waals surface area contributed by atoms with Crippen LogP contribution in [-0.4, -0.2) is 26.8 Å². The van der Waals surface area contributed by atoms with E-state index in [0.29, 0.717) is 11.3 Å². The fourth-order valence-corrected chi connectivity index (χ4v) is 2.96. The first-order chi connectivity index (χ1) is 12.5. The second-order valence-electron chi connectivity index (χ2n) is 5.00. The molecule has 0 saturated carbocycles. The molecule has 0 unspecified atom stereocenters. The summed E-state index contributed by atoms with van der Waals surface area (Å²) in [6.07, 6.45) is 0. The number of thioether (sulfide) groups is 1. The second-order valence-corrected chi connectivity index (χ2v) is 6.78. The summed E-state index contributed by atoms with van der Waals surface area (Å²) < 4.78 is 6.24. The van der Waals surface area contributed by atoms with Crippen molar-refractivity contribution in [2.75, 3.05) is 11.1 Å². The van der Waals surface area contributed by atoms with Gasteiger partial charge in [0, 0.05) is 22.2 Å². The number of nitrogens with zero attached hydrogens (tertiary/aromatic N) is 3. The summed E-state index contributed by atoms with van der Waals surface area (Å²) in [7, 11) is 0. The van der Waals surface area contributed by atoms with Crippen molar-refractivity contribution in [2.45, 2.75) is 5.22 Å². The summed E-state index contributed by atoms with van der Waals surface area (Å²) >= 11 is 4.43. The van der Waals surface area contributed by atoms with Crippen LogP contribution in [0.2, 0.25) is 0 Å². The minimum absolute atomic E-state index is 0.0669. The van der Waals surface area contributed by atoms with E-state index in [-0.39, 0.29) is 28.5 Å². The normalized spacial score (nSPS) is 10.5. The quantitative estimate of drug-likeness (QED) is 0.352. The number of carbonyl (C=O) groups excluding carboxylic acids is 1. The number of rotatable bonds is 6. The molecule has 8 nitrogen and oxygen atoms in total. The molecule has 0 bridgehead atoms. The van der Waals surface area contributed by atoms with E-state index in [9.17, 15) is 14.9 Å². The predicted molar refractivity (Wildman–Crippen MR) is 99.9 cm³/mol. The number of non-ortho nitro benzene ring substituents is 1. The number of nitro benzene ring substituents is 1. The highest BCUT2D eigenvalue weighted by molar-refractivity contribution is 9.10. The molecule has 132 valence electrons. The van der Waals surface area contributed by atoms with Crippen molar-refractivity contribution >= 4 is 45.0 Å². The first-order valence-corrected chi connectivity index (χ1v) is 9.06. The van der Waals surface area contributed by atoms with Gasteiger partial charge in [-0.05, 0) is 34.1 Å². The number of carbonyl (C=O) groups is 1. The third-order valence-electron chi connectivity index (χ3n) is 3.19. The minimum Gasteiger partial charge on any atom is -0.411 e. The van der Waals surface area contributed by atoms with Crippen LogP contribution in [0.1, 0.15) is 0 Å². The van der Waals surface area contributed by atoms with Crippen molar-refractivity contribution in [3.05, 3.63) is 63.1 Å². The van der Waals surface area contributed by atoms with Gasteiger partial charge in [0.25, 0.3) is 10.9 Å². The van der Waals surface area contributed by atoms with Crippen LogP contribution in [0.15, 0.2) is 62.6 Å². The summed E-state index contributed by atoms with van der Waals surface area (Å²) in [5.74, 6) is 0.0113. The molecule has 0 aliphatic carbocycles. The van der Waals surface area contributed by atoms with E-state index in [0.717, 1.165) is 16.2 Å². The Morgan fingerprint density at radius 1 is 1.23 bits per heavy atom. The van der Waals surface area contributed by atoms with Crippen LogP contribution in [0.5, 0.6) is 0 Å². The number of benzene rings is 2. The number of hydrogen-bond donors (Lipinski definition) is 1. The van der Waals surface area contributed by atoms with Gasteiger partial charge in [-0.15, -0.1) is 10.2 Å². The lowest BCUT2D eigenvalue weighted by Gasteiger charge is -2.05. The van der Waals surface area contributed by atoms with E-state index in [4.69, 9.17) is 4.42 Å². The summed E-state index contributed by atoms with van der Waals surface area (Å²) in [5.41, 5.74) is 1.04. The number of amides is 1. The van der Waals surface area contributed by atoms with E-state index in [2.05, 4.69) is 31.4 Å². The van der Waals surface area contributed by atoms with E-state index in [1.165, 1.54) is 18.2 Å². The van der Waals surface area contributed by atoms with Gasteiger partial charge in [0.1, 0.15) is 0 Å². The van der Waals surface area contributed by atoms with Gasteiger partial charge in [-0.25, -0.2) is 0 Å². The Kier molecular flexibility index (Phi) is 5.64. The highest BCUT2D eigenvalue weighted by Crippen LogP contribution is 2.26. The Morgan fingerprint density at radius 3 is 2.81 bits per heavy atom. The maximum absolute atomic E-state index is 12.0. The second kappa shape index (κ2) is 8.11.